The molecule has 0 aliphatic heterocycles. The SMILES string of the molecule is CCC(C)(C)C(=O)OC1C2CC3CC(C2)CC1C3.CCC(C)(C)C(=O)OC1CCCCC1. The van der Waals surface area contributed by atoms with Gasteiger partial charge in [0.25, 0.3) is 0 Å². The van der Waals surface area contributed by atoms with Gasteiger partial charge in [-0.15, -0.1) is 0 Å². The molecule has 0 aromatic carbocycles. The van der Waals surface area contributed by atoms with Gasteiger partial charge < -0.3 is 9.47 Å². The third-order valence-electron chi connectivity index (χ3n) is 9.08. The van der Waals surface area contributed by atoms with E-state index in [2.05, 4.69) is 6.92 Å². The Morgan fingerprint density at radius 1 is 0.688 bits per heavy atom. The standard InChI is InChI=1S/C16H26O2.C12H22O2/c1-4-16(2,3)15(17)18-14-12-6-10-5-11(8-12)9-13(14)7-10;1-4-12(2,3)11(13)14-10-8-6-5-7-9-10/h10-14H,4-9H2,1-3H3;10H,4-9H2,1-3H3. The Kier molecular flexibility index (Phi) is 8.36. The Hall–Kier alpha value is -1.06. The molecule has 5 rings (SSSR count). The molecular weight excluding hydrogens is 400 g/mol. The van der Waals surface area contributed by atoms with Crippen molar-refractivity contribution < 1.29 is 19.1 Å². The molecular formula is C28H48O4. The van der Waals surface area contributed by atoms with E-state index in [1.807, 2.05) is 34.6 Å². The van der Waals surface area contributed by atoms with Crippen molar-refractivity contribution in [2.24, 2.45) is 34.5 Å². The van der Waals surface area contributed by atoms with Gasteiger partial charge in [-0.05, 0) is 122 Å². The third-order valence-corrected chi connectivity index (χ3v) is 9.08. The first-order valence-electron chi connectivity index (χ1n) is 13.5. The minimum atomic E-state index is -0.311. The van der Waals surface area contributed by atoms with E-state index in [4.69, 9.17) is 9.47 Å². The van der Waals surface area contributed by atoms with Crippen LogP contribution in [0.15, 0.2) is 0 Å². The highest BCUT2D eigenvalue weighted by Crippen LogP contribution is 2.55. The Bertz CT molecular complexity index is 616. The lowest BCUT2D eigenvalue weighted by Crippen LogP contribution is -2.51. The average Bonchev–Trinajstić information content (AvgIpc) is 2.76. The van der Waals surface area contributed by atoms with Gasteiger partial charge in [-0.2, -0.15) is 0 Å². The van der Waals surface area contributed by atoms with Crippen LogP contribution in [0.3, 0.4) is 0 Å². The van der Waals surface area contributed by atoms with Crippen LogP contribution in [0.5, 0.6) is 0 Å². The van der Waals surface area contributed by atoms with Crippen LogP contribution in [-0.4, -0.2) is 24.1 Å². The van der Waals surface area contributed by atoms with Crippen LogP contribution in [0.25, 0.3) is 0 Å². The first-order valence-corrected chi connectivity index (χ1v) is 13.5. The molecule has 0 atom stereocenters. The van der Waals surface area contributed by atoms with Crippen molar-refractivity contribution in [1.29, 1.82) is 0 Å². The van der Waals surface area contributed by atoms with E-state index < -0.39 is 0 Å². The molecule has 0 unspecified atom stereocenters. The fourth-order valence-electron chi connectivity index (χ4n) is 6.13. The predicted molar refractivity (Wildman–Crippen MR) is 128 cm³/mol. The zero-order valence-corrected chi connectivity index (χ0v) is 21.6. The minimum absolute atomic E-state index is 0.0214. The molecule has 0 aromatic rings. The highest BCUT2D eigenvalue weighted by atomic mass is 16.5. The molecule has 5 aliphatic carbocycles. The third kappa shape index (κ3) is 6.08. The molecule has 4 heteroatoms. The molecule has 0 radical (unpaired) electrons. The Morgan fingerprint density at radius 2 is 1.12 bits per heavy atom. The van der Waals surface area contributed by atoms with E-state index in [0.717, 1.165) is 37.5 Å². The maximum absolute atomic E-state index is 12.3. The van der Waals surface area contributed by atoms with Crippen LogP contribution in [0, 0.1) is 34.5 Å². The number of ether oxygens (including phenoxy) is 2. The van der Waals surface area contributed by atoms with Crippen LogP contribution >= 0.6 is 0 Å². The van der Waals surface area contributed by atoms with Crippen LogP contribution in [0.4, 0.5) is 0 Å². The number of carbonyl (C=O) groups excluding carboxylic acids is 2. The molecule has 0 heterocycles. The molecule has 5 fully saturated rings. The Balaban J connectivity index is 0.000000188. The van der Waals surface area contributed by atoms with Crippen molar-refractivity contribution in [1.82, 2.24) is 0 Å². The molecule has 0 N–H and O–H groups in total. The highest BCUT2D eigenvalue weighted by molar-refractivity contribution is 5.76. The quantitative estimate of drug-likeness (QED) is 0.407. The molecule has 4 bridgehead atoms. The summed E-state index contributed by atoms with van der Waals surface area (Å²) in [6.07, 6.45) is 14.7. The van der Waals surface area contributed by atoms with E-state index in [-0.39, 0.29) is 35.0 Å². The fourth-order valence-corrected chi connectivity index (χ4v) is 6.13. The zero-order chi connectivity index (χ0) is 23.5. The van der Waals surface area contributed by atoms with Crippen LogP contribution < -0.4 is 0 Å². The summed E-state index contributed by atoms with van der Waals surface area (Å²) in [6.45, 7) is 12.0. The van der Waals surface area contributed by atoms with E-state index in [9.17, 15) is 9.59 Å². The number of carbonyl (C=O) groups is 2. The Morgan fingerprint density at radius 3 is 1.56 bits per heavy atom. The smallest absolute Gasteiger partial charge is 0.311 e. The van der Waals surface area contributed by atoms with Gasteiger partial charge in [-0.1, -0.05) is 20.3 Å². The molecule has 184 valence electrons. The molecule has 0 aromatic heterocycles. The lowest BCUT2D eigenvalue weighted by molar-refractivity contribution is -0.180. The number of hydrogen-bond donors (Lipinski definition) is 0. The van der Waals surface area contributed by atoms with Crippen LogP contribution in [0.2, 0.25) is 0 Å². The lowest BCUT2D eigenvalue weighted by Gasteiger charge is -2.53. The first-order chi connectivity index (χ1) is 15.1. The summed E-state index contributed by atoms with van der Waals surface area (Å²) in [4.78, 5) is 24.0. The lowest BCUT2D eigenvalue weighted by atomic mass is 9.55. The summed E-state index contributed by atoms with van der Waals surface area (Å²) in [7, 11) is 0. The molecule has 5 saturated carbocycles. The molecule has 0 amide bonds. The summed E-state index contributed by atoms with van der Waals surface area (Å²) in [6, 6.07) is 0. The summed E-state index contributed by atoms with van der Waals surface area (Å²) >= 11 is 0. The Labute approximate surface area is 196 Å². The van der Waals surface area contributed by atoms with Gasteiger partial charge >= 0.3 is 11.9 Å². The monoisotopic (exact) mass is 448 g/mol. The van der Waals surface area contributed by atoms with Crippen molar-refractivity contribution in [3.05, 3.63) is 0 Å². The molecule has 5 aliphatic rings. The number of rotatable bonds is 6. The van der Waals surface area contributed by atoms with Gasteiger partial charge in [-0.25, -0.2) is 0 Å². The van der Waals surface area contributed by atoms with Gasteiger partial charge in [0.05, 0.1) is 10.8 Å². The van der Waals surface area contributed by atoms with Crippen LogP contribution in [0.1, 0.15) is 119 Å². The van der Waals surface area contributed by atoms with Gasteiger partial charge in [-0.3, -0.25) is 9.59 Å². The molecule has 0 spiro atoms. The topological polar surface area (TPSA) is 52.6 Å². The van der Waals surface area contributed by atoms with Crippen LogP contribution in [-0.2, 0) is 19.1 Å². The van der Waals surface area contributed by atoms with Gasteiger partial charge in [0.2, 0.25) is 0 Å². The van der Waals surface area contributed by atoms with E-state index >= 15 is 0 Å². The summed E-state index contributed by atoms with van der Waals surface area (Å²) in [5.74, 6) is 3.26. The average molecular weight is 449 g/mol. The summed E-state index contributed by atoms with van der Waals surface area (Å²) in [5, 5.41) is 0. The number of hydrogen-bond acceptors (Lipinski definition) is 4. The second-order valence-corrected chi connectivity index (χ2v) is 12.4. The van der Waals surface area contributed by atoms with E-state index in [0.29, 0.717) is 11.8 Å². The van der Waals surface area contributed by atoms with Gasteiger partial charge in [0, 0.05) is 0 Å². The predicted octanol–water partition coefficient (Wildman–Crippen LogP) is 7.09. The van der Waals surface area contributed by atoms with Crippen molar-refractivity contribution >= 4 is 11.9 Å². The van der Waals surface area contributed by atoms with Crippen molar-refractivity contribution in [2.45, 2.75) is 131 Å². The molecule has 32 heavy (non-hydrogen) atoms. The van der Waals surface area contributed by atoms with E-state index in [1.54, 1.807) is 0 Å². The largest absolute Gasteiger partial charge is 0.462 e. The fraction of sp³-hybridized carbons (Fsp3) is 0.929. The second-order valence-electron chi connectivity index (χ2n) is 12.4. The normalized spacial score (nSPS) is 32.1. The number of esters is 2. The van der Waals surface area contributed by atoms with Crippen molar-refractivity contribution in [3.63, 3.8) is 0 Å². The first kappa shape index (κ1) is 25.6. The minimum Gasteiger partial charge on any atom is -0.462 e. The summed E-state index contributed by atoms with van der Waals surface area (Å²) < 4.78 is 11.5. The van der Waals surface area contributed by atoms with Crippen molar-refractivity contribution in [2.75, 3.05) is 0 Å². The maximum atomic E-state index is 12.3. The molecule has 0 saturated heterocycles. The zero-order valence-electron chi connectivity index (χ0n) is 21.6. The van der Waals surface area contributed by atoms with Gasteiger partial charge in [0.15, 0.2) is 0 Å². The highest BCUT2D eigenvalue weighted by Gasteiger charge is 2.50. The molecule has 4 nitrogen and oxygen atoms in total. The summed E-state index contributed by atoms with van der Waals surface area (Å²) in [5.41, 5.74) is -0.619. The maximum Gasteiger partial charge on any atom is 0.311 e. The van der Waals surface area contributed by atoms with E-state index in [1.165, 1.54) is 51.4 Å². The van der Waals surface area contributed by atoms with Crippen molar-refractivity contribution in [3.8, 4) is 0 Å². The van der Waals surface area contributed by atoms with Gasteiger partial charge in [0.1, 0.15) is 12.2 Å². The second kappa shape index (κ2) is 10.5.